The molecule has 4 aliphatic rings. The number of nitrogens with two attached hydrogens (primary N) is 1. The van der Waals surface area contributed by atoms with E-state index < -0.39 is 13.2 Å². The number of nitrogens with one attached hydrogen (secondary N) is 2. The lowest BCUT2D eigenvalue weighted by Gasteiger charge is -2.64. The standard InChI is InChI=1S/C26H40BN3O4/c1-17(31)29-20(12-8-9-13-28)24(32)30-23(14-18-10-6-5-7-11-18)27-33-22-16-19-15-21(25(19,2)3)26(22,4)34-27/h5-7,10-11,19-23H,8-9,12-16,28H2,1-4H3,(H,29,31)(H,30,32)/t19-,20-,21-,22+,23?,26-/m0/s1. The lowest BCUT2D eigenvalue weighted by Crippen LogP contribution is -2.65. The average Bonchev–Trinajstić information content (AvgIpc) is 3.15. The van der Waals surface area contributed by atoms with Crippen LogP contribution in [0.5, 0.6) is 0 Å². The minimum Gasteiger partial charge on any atom is -0.404 e. The van der Waals surface area contributed by atoms with Gasteiger partial charge in [-0.25, -0.2) is 0 Å². The smallest absolute Gasteiger partial charge is 0.404 e. The van der Waals surface area contributed by atoms with Crippen molar-refractivity contribution in [2.45, 2.75) is 89.9 Å². The third-order valence-electron chi connectivity index (χ3n) is 8.56. The number of unbranched alkanes of at least 4 members (excludes halogenated alkanes) is 1. The molecule has 7 nitrogen and oxygen atoms in total. The molecule has 1 unspecified atom stereocenters. The van der Waals surface area contributed by atoms with Crippen molar-refractivity contribution < 1.29 is 18.9 Å². The molecule has 1 aromatic carbocycles. The number of benzene rings is 1. The molecular formula is C26H40BN3O4. The van der Waals surface area contributed by atoms with E-state index in [2.05, 4.69) is 43.5 Å². The SMILES string of the molecule is CC(=O)N[C@@H](CCCCN)C(=O)NC(Cc1ccccc1)B1O[C@@H]2C[C@@H]3C[C@@H](C3(C)C)[C@]2(C)O1. The van der Waals surface area contributed by atoms with Gasteiger partial charge in [0.05, 0.1) is 17.6 Å². The van der Waals surface area contributed by atoms with Crippen LogP contribution in [0.4, 0.5) is 0 Å². The Morgan fingerprint density at radius 1 is 1.15 bits per heavy atom. The van der Waals surface area contributed by atoms with Crippen LogP contribution in [0.25, 0.3) is 0 Å². The van der Waals surface area contributed by atoms with Crippen molar-refractivity contribution in [2.75, 3.05) is 6.54 Å². The van der Waals surface area contributed by atoms with Gasteiger partial charge >= 0.3 is 7.12 Å². The molecule has 3 saturated carbocycles. The summed E-state index contributed by atoms with van der Waals surface area (Å²) in [5, 5.41) is 5.99. The van der Waals surface area contributed by atoms with E-state index in [4.69, 9.17) is 15.0 Å². The summed E-state index contributed by atoms with van der Waals surface area (Å²) in [5.41, 5.74) is 6.63. The number of carbonyl (C=O) groups excluding carboxylic acids is 2. The van der Waals surface area contributed by atoms with Crippen LogP contribution < -0.4 is 16.4 Å². The van der Waals surface area contributed by atoms with E-state index in [1.807, 2.05) is 18.2 Å². The van der Waals surface area contributed by atoms with E-state index in [0.717, 1.165) is 24.8 Å². The Hall–Kier alpha value is -1.90. The molecular weight excluding hydrogens is 429 g/mol. The van der Waals surface area contributed by atoms with Crippen molar-refractivity contribution in [1.29, 1.82) is 0 Å². The Morgan fingerprint density at radius 3 is 2.53 bits per heavy atom. The van der Waals surface area contributed by atoms with Gasteiger partial charge in [0, 0.05) is 6.92 Å². The third-order valence-corrected chi connectivity index (χ3v) is 8.56. The Labute approximate surface area is 204 Å². The maximum absolute atomic E-state index is 13.3. The summed E-state index contributed by atoms with van der Waals surface area (Å²) in [6.07, 6.45) is 4.93. The normalized spacial score (nSPS) is 30.6. The summed E-state index contributed by atoms with van der Waals surface area (Å²) < 4.78 is 13.2. The van der Waals surface area contributed by atoms with Gasteiger partial charge in [-0.2, -0.15) is 0 Å². The maximum atomic E-state index is 13.3. The molecule has 3 aliphatic carbocycles. The first-order chi connectivity index (χ1) is 16.1. The van der Waals surface area contributed by atoms with E-state index in [1.165, 1.54) is 13.3 Å². The van der Waals surface area contributed by atoms with Crippen LogP contribution in [0.3, 0.4) is 0 Å². The minimum absolute atomic E-state index is 0.0418. The van der Waals surface area contributed by atoms with E-state index >= 15 is 0 Å². The van der Waals surface area contributed by atoms with Gasteiger partial charge in [0.15, 0.2) is 0 Å². The topological polar surface area (TPSA) is 103 Å². The quantitative estimate of drug-likeness (QED) is 0.361. The van der Waals surface area contributed by atoms with E-state index in [0.29, 0.717) is 31.2 Å². The molecule has 34 heavy (non-hydrogen) atoms. The van der Waals surface area contributed by atoms with Crippen LogP contribution in [0, 0.1) is 17.3 Å². The van der Waals surface area contributed by atoms with Crippen molar-refractivity contribution >= 4 is 18.9 Å². The summed E-state index contributed by atoms with van der Waals surface area (Å²) >= 11 is 0. The number of hydrogen-bond donors (Lipinski definition) is 3. The molecule has 2 amide bonds. The Morgan fingerprint density at radius 2 is 1.88 bits per heavy atom. The van der Waals surface area contributed by atoms with Crippen molar-refractivity contribution in [2.24, 2.45) is 23.0 Å². The molecule has 0 radical (unpaired) electrons. The average molecular weight is 469 g/mol. The highest BCUT2D eigenvalue weighted by molar-refractivity contribution is 6.48. The van der Waals surface area contributed by atoms with Gasteiger partial charge in [-0.1, -0.05) is 44.2 Å². The minimum atomic E-state index is -0.603. The van der Waals surface area contributed by atoms with Crippen LogP contribution in [-0.2, 0) is 25.3 Å². The van der Waals surface area contributed by atoms with E-state index in [-0.39, 0.29) is 34.9 Å². The van der Waals surface area contributed by atoms with Crippen molar-refractivity contribution in [1.82, 2.24) is 10.6 Å². The third kappa shape index (κ3) is 4.91. The van der Waals surface area contributed by atoms with Crippen LogP contribution in [0.2, 0.25) is 0 Å². The van der Waals surface area contributed by atoms with E-state index in [1.54, 1.807) is 0 Å². The monoisotopic (exact) mass is 469 g/mol. The van der Waals surface area contributed by atoms with Crippen molar-refractivity contribution in [3.05, 3.63) is 35.9 Å². The van der Waals surface area contributed by atoms with Gasteiger partial charge in [-0.3, -0.25) is 9.59 Å². The molecule has 4 N–H and O–H groups in total. The first kappa shape index (κ1) is 25.2. The molecule has 5 rings (SSSR count). The zero-order valence-electron chi connectivity index (χ0n) is 21.0. The highest BCUT2D eigenvalue weighted by Crippen LogP contribution is 2.65. The summed E-state index contributed by atoms with van der Waals surface area (Å²) in [7, 11) is -0.531. The molecule has 4 fully saturated rings. The Kier molecular flexibility index (Phi) is 7.41. The van der Waals surface area contributed by atoms with Gasteiger partial charge in [0.2, 0.25) is 11.8 Å². The second kappa shape index (κ2) is 10.00. The molecule has 2 bridgehead atoms. The lowest BCUT2D eigenvalue weighted by atomic mass is 9.43. The summed E-state index contributed by atoms with van der Waals surface area (Å²) in [6, 6.07) is 9.47. The fourth-order valence-electron chi connectivity index (χ4n) is 6.44. The van der Waals surface area contributed by atoms with Crippen LogP contribution in [0.1, 0.15) is 65.4 Å². The molecule has 186 valence electrons. The predicted molar refractivity (Wildman–Crippen MR) is 133 cm³/mol. The number of rotatable bonds is 10. The molecule has 1 saturated heterocycles. The van der Waals surface area contributed by atoms with Gasteiger partial charge < -0.3 is 25.7 Å². The second-order valence-electron chi connectivity index (χ2n) is 11.2. The van der Waals surface area contributed by atoms with Gasteiger partial charge in [0.25, 0.3) is 0 Å². The highest BCUT2D eigenvalue weighted by atomic mass is 16.7. The van der Waals surface area contributed by atoms with Crippen molar-refractivity contribution in [3.8, 4) is 0 Å². The fourth-order valence-corrected chi connectivity index (χ4v) is 6.44. The molecule has 1 heterocycles. The maximum Gasteiger partial charge on any atom is 0.482 e. The summed E-state index contributed by atoms with van der Waals surface area (Å²) in [4.78, 5) is 25.1. The van der Waals surface area contributed by atoms with Gasteiger partial charge in [0.1, 0.15) is 6.04 Å². The fraction of sp³-hybridized carbons (Fsp3) is 0.692. The second-order valence-corrected chi connectivity index (χ2v) is 11.2. The van der Waals surface area contributed by atoms with Gasteiger partial charge in [-0.15, -0.1) is 0 Å². The molecule has 1 aliphatic heterocycles. The number of hydrogen-bond acceptors (Lipinski definition) is 5. The number of amides is 2. The largest absolute Gasteiger partial charge is 0.482 e. The zero-order chi connectivity index (χ0) is 24.5. The molecule has 6 atom stereocenters. The summed E-state index contributed by atoms with van der Waals surface area (Å²) in [5.74, 6) is 0.326. The number of carbonyl (C=O) groups is 2. The zero-order valence-corrected chi connectivity index (χ0v) is 21.0. The lowest BCUT2D eigenvalue weighted by molar-refractivity contribution is -0.199. The predicted octanol–water partition coefficient (Wildman–Crippen LogP) is 2.62. The molecule has 8 heteroatoms. The Balaban J connectivity index is 1.51. The van der Waals surface area contributed by atoms with Crippen LogP contribution in [-0.4, -0.2) is 49.2 Å². The summed E-state index contributed by atoms with van der Waals surface area (Å²) in [6.45, 7) is 8.87. The first-order valence-corrected chi connectivity index (χ1v) is 12.8. The molecule has 0 spiro atoms. The first-order valence-electron chi connectivity index (χ1n) is 12.8. The Bertz CT molecular complexity index is 882. The van der Waals surface area contributed by atoms with Crippen LogP contribution >= 0.6 is 0 Å². The van der Waals surface area contributed by atoms with E-state index in [9.17, 15) is 9.59 Å². The highest BCUT2D eigenvalue weighted by Gasteiger charge is 2.68. The van der Waals surface area contributed by atoms with Crippen molar-refractivity contribution in [3.63, 3.8) is 0 Å². The molecule has 0 aromatic heterocycles. The van der Waals surface area contributed by atoms with Gasteiger partial charge in [-0.05, 0) is 74.8 Å². The van der Waals surface area contributed by atoms with Crippen LogP contribution in [0.15, 0.2) is 30.3 Å². The molecule has 1 aromatic rings.